The Morgan fingerprint density at radius 3 is 2.57 bits per heavy atom. The van der Waals surface area contributed by atoms with Crippen LogP contribution in [0, 0.1) is 5.82 Å². The maximum Gasteiger partial charge on any atom is 0.262 e. The molecule has 0 aliphatic rings. The van der Waals surface area contributed by atoms with Gasteiger partial charge in [-0.2, -0.15) is 0 Å². The van der Waals surface area contributed by atoms with E-state index < -0.39 is 0 Å². The van der Waals surface area contributed by atoms with Crippen molar-refractivity contribution in [2.75, 3.05) is 7.11 Å². The van der Waals surface area contributed by atoms with Crippen molar-refractivity contribution < 1.29 is 9.13 Å². The molecule has 152 valence electrons. The molecule has 0 aliphatic heterocycles. The Hall–Kier alpha value is -2.83. The second kappa shape index (κ2) is 8.90. The van der Waals surface area contributed by atoms with Crippen molar-refractivity contribution >= 4 is 34.3 Å². The molecule has 30 heavy (non-hydrogen) atoms. The van der Waals surface area contributed by atoms with Crippen molar-refractivity contribution in [1.82, 2.24) is 9.55 Å². The molecule has 0 N–H and O–H groups in total. The van der Waals surface area contributed by atoms with Crippen LogP contribution in [0.25, 0.3) is 10.9 Å². The second-order valence-electron chi connectivity index (χ2n) is 6.64. The molecule has 0 atom stereocenters. The number of para-hydroxylation sites is 1. The number of ether oxygens (including phenoxy) is 1. The molecule has 0 bridgehead atoms. The first-order chi connectivity index (χ1) is 14.6. The molecule has 3 aromatic carbocycles. The topological polar surface area (TPSA) is 44.1 Å². The Kier molecular flexibility index (Phi) is 6.06. The van der Waals surface area contributed by atoms with Gasteiger partial charge in [0.1, 0.15) is 11.6 Å². The molecule has 0 amide bonds. The molecule has 0 fully saturated rings. The second-order valence-corrected chi connectivity index (χ2v) is 7.99. The molecule has 0 aliphatic carbocycles. The van der Waals surface area contributed by atoms with Gasteiger partial charge in [0.15, 0.2) is 5.16 Å². The van der Waals surface area contributed by atoms with E-state index in [1.807, 2.05) is 36.4 Å². The molecule has 0 saturated heterocycles. The van der Waals surface area contributed by atoms with E-state index in [4.69, 9.17) is 16.3 Å². The Balaban J connectivity index is 1.74. The highest BCUT2D eigenvalue weighted by Gasteiger charge is 2.14. The molecule has 4 nitrogen and oxygen atoms in total. The summed E-state index contributed by atoms with van der Waals surface area (Å²) in [7, 11) is 1.61. The van der Waals surface area contributed by atoms with Gasteiger partial charge in [-0.15, -0.1) is 0 Å². The number of rotatable bonds is 6. The quantitative estimate of drug-likeness (QED) is 0.292. The van der Waals surface area contributed by atoms with Gasteiger partial charge in [0.2, 0.25) is 0 Å². The lowest BCUT2D eigenvalue weighted by Gasteiger charge is -2.14. The SMILES string of the molecule is COc1ccc(Cn2c(SCc3c(F)cccc3Cl)nc3ccccc3c2=O)cc1. The predicted molar refractivity (Wildman–Crippen MR) is 119 cm³/mol. The van der Waals surface area contributed by atoms with E-state index in [1.165, 1.54) is 17.8 Å². The molecule has 1 heterocycles. The maximum absolute atomic E-state index is 14.2. The van der Waals surface area contributed by atoms with Crippen molar-refractivity contribution in [2.24, 2.45) is 0 Å². The van der Waals surface area contributed by atoms with Crippen molar-refractivity contribution in [2.45, 2.75) is 17.5 Å². The normalized spacial score (nSPS) is 11.0. The van der Waals surface area contributed by atoms with Gasteiger partial charge in [0.25, 0.3) is 5.56 Å². The lowest BCUT2D eigenvalue weighted by molar-refractivity contribution is 0.414. The summed E-state index contributed by atoms with van der Waals surface area (Å²) < 4.78 is 21.0. The number of benzene rings is 3. The third kappa shape index (κ3) is 4.20. The number of thioether (sulfide) groups is 1. The lowest BCUT2D eigenvalue weighted by atomic mass is 10.2. The molecule has 0 saturated carbocycles. The zero-order chi connectivity index (χ0) is 21.1. The molecule has 0 radical (unpaired) electrons. The first-order valence-corrected chi connectivity index (χ1v) is 10.6. The summed E-state index contributed by atoms with van der Waals surface area (Å²) in [5.41, 5.74) is 1.79. The number of aromatic nitrogens is 2. The zero-order valence-electron chi connectivity index (χ0n) is 16.1. The van der Waals surface area contributed by atoms with E-state index >= 15 is 0 Å². The Bertz CT molecular complexity index is 1240. The minimum atomic E-state index is -0.375. The molecular formula is C23H18ClFN2O2S. The van der Waals surface area contributed by atoms with Crippen LogP contribution in [0.2, 0.25) is 5.02 Å². The number of methoxy groups -OCH3 is 1. The maximum atomic E-state index is 14.2. The van der Waals surface area contributed by atoms with Gasteiger partial charge < -0.3 is 4.74 Å². The average Bonchev–Trinajstić information content (AvgIpc) is 2.76. The van der Waals surface area contributed by atoms with Gasteiger partial charge >= 0.3 is 0 Å². The molecule has 4 rings (SSSR count). The molecule has 4 aromatic rings. The molecular weight excluding hydrogens is 423 g/mol. The first-order valence-electron chi connectivity index (χ1n) is 9.25. The van der Waals surface area contributed by atoms with Gasteiger partial charge in [-0.3, -0.25) is 9.36 Å². The minimum Gasteiger partial charge on any atom is -0.497 e. The van der Waals surface area contributed by atoms with E-state index in [1.54, 1.807) is 35.9 Å². The van der Waals surface area contributed by atoms with Crippen molar-refractivity contribution in [3.63, 3.8) is 0 Å². The van der Waals surface area contributed by atoms with Crippen LogP contribution >= 0.6 is 23.4 Å². The summed E-state index contributed by atoms with van der Waals surface area (Å²) in [5, 5.41) is 1.40. The van der Waals surface area contributed by atoms with Crippen LogP contribution in [0.5, 0.6) is 5.75 Å². The molecule has 7 heteroatoms. The fraction of sp³-hybridized carbons (Fsp3) is 0.130. The summed E-state index contributed by atoms with van der Waals surface area (Å²) in [4.78, 5) is 17.9. The van der Waals surface area contributed by atoms with Crippen LogP contribution < -0.4 is 10.3 Å². The van der Waals surface area contributed by atoms with Gasteiger partial charge in [0, 0.05) is 16.3 Å². The average molecular weight is 441 g/mol. The summed E-state index contributed by atoms with van der Waals surface area (Å²) in [6, 6.07) is 19.3. The predicted octanol–water partition coefficient (Wildman–Crippen LogP) is 5.54. The van der Waals surface area contributed by atoms with Crippen LogP contribution in [-0.4, -0.2) is 16.7 Å². The first kappa shape index (κ1) is 20.4. The zero-order valence-corrected chi connectivity index (χ0v) is 17.7. The van der Waals surface area contributed by atoms with Crippen molar-refractivity contribution in [3.8, 4) is 5.75 Å². The van der Waals surface area contributed by atoms with Crippen LogP contribution in [0.4, 0.5) is 4.39 Å². The van der Waals surface area contributed by atoms with E-state index in [2.05, 4.69) is 4.98 Å². The standard InChI is InChI=1S/C23H18ClFN2O2S/c1-29-16-11-9-15(10-12-16)13-27-22(28)17-5-2-3-8-21(17)26-23(27)30-14-18-19(24)6-4-7-20(18)25/h2-12H,13-14H2,1H3. The number of fused-ring (bicyclic) bond motifs is 1. The number of halogens is 2. The molecule has 1 aromatic heterocycles. The van der Waals surface area contributed by atoms with E-state index in [0.717, 1.165) is 11.3 Å². The number of hydrogen-bond acceptors (Lipinski definition) is 4. The largest absolute Gasteiger partial charge is 0.497 e. The van der Waals surface area contributed by atoms with Crippen LogP contribution in [0.1, 0.15) is 11.1 Å². The van der Waals surface area contributed by atoms with Gasteiger partial charge in [-0.05, 0) is 42.0 Å². The lowest BCUT2D eigenvalue weighted by Crippen LogP contribution is -2.24. The Morgan fingerprint density at radius 2 is 1.83 bits per heavy atom. The van der Waals surface area contributed by atoms with Crippen molar-refractivity contribution in [3.05, 3.63) is 99.1 Å². The molecule has 0 unspecified atom stereocenters. The smallest absolute Gasteiger partial charge is 0.262 e. The summed E-state index contributed by atoms with van der Waals surface area (Å²) in [6.07, 6.45) is 0. The monoisotopic (exact) mass is 440 g/mol. The van der Waals surface area contributed by atoms with Gasteiger partial charge in [-0.1, -0.05) is 53.7 Å². The third-order valence-corrected chi connectivity index (χ3v) is 6.09. The minimum absolute atomic E-state index is 0.140. The van der Waals surface area contributed by atoms with Gasteiger partial charge in [-0.25, -0.2) is 9.37 Å². The highest BCUT2D eigenvalue weighted by Crippen LogP contribution is 2.28. The third-order valence-electron chi connectivity index (χ3n) is 4.73. The van der Waals surface area contributed by atoms with Crippen LogP contribution in [0.15, 0.2) is 76.7 Å². The summed E-state index contributed by atoms with van der Waals surface area (Å²) in [6.45, 7) is 0.341. The number of nitrogens with zero attached hydrogens (tertiary/aromatic N) is 2. The number of hydrogen-bond donors (Lipinski definition) is 0. The van der Waals surface area contributed by atoms with Gasteiger partial charge in [0.05, 0.1) is 24.6 Å². The highest BCUT2D eigenvalue weighted by molar-refractivity contribution is 7.98. The summed E-state index contributed by atoms with van der Waals surface area (Å²) >= 11 is 7.45. The Morgan fingerprint density at radius 1 is 1.07 bits per heavy atom. The van der Waals surface area contributed by atoms with E-state index in [0.29, 0.717) is 33.2 Å². The van der Waals surface area contributed by atoms with Crippen LogP contribution in [0.3, 0.4) is 0 Å². The van der Waals surface area contributed by atoms with Crippen molar-refractivity contribution in [1.29, 1.82) is 0 Å². The fourth-order valence-corrected chi connectivity index (χ4v) is 4.46. The van der Waals surface area contributed by atoms with Crippen LogP contribution in [-0.2, 0) is 12.3 Å². The van der Waals surface area contributed by atoms with E-state index in [-0.39, 0.29) is 17.1 Å². The molecule has 0 spiro atoms. The van der Waals surface area contributed by atoms with E-state index in [9.17, 15) is 9.18 Å². The fourth-order valence-electron chi connectivity index (χ4n) is 3.12. The highest BCUT2D eigenvalue weighted by atomic mass is 35.5. The summed E-state index contributed by atoms with van der Waals surface area (Å²) in [5.74, 6) is 0.630. The Labute approximate surface area is 182 Å².